The molecule has 4 rings (SSSR count). The van der Waals surface area contributed by atoms with Gasteiger partial charge in [0.05, 0.1) is 23.1 Å². The zero-order valence-corrected chi connectivity index (χ0v) is 19.4. The summed E-state index contributed by atoms with van der Waals surface area (Å²) in [6, 6.07) is 17.3. The van der Waals surface area contributed by atoms with Crippen LogP contribution in [-0.4, -0.2) is 33.5 Å². The molecule has 0 aliphatic heterocycles. The molecular formula is C26H27N5O3. The second kappa shape index (κ2) is 10.6. The number of hydrogen-bond acceptors (Lipinski definition) is 7. The zero-order chi connectivity index (χ0) is 23.9. The lowest BCUT2D eigenvalue weighted by atomic mass is 10.1. The van der Waals surface area contributed by atoms with Crippen molar-refractivity contribution < 1.29 is 14.3 Å². The van der Waals surface area contributed by atoms with Gasteiger partial charge < -0.3 is 20.1 Å². The Morgan fingerprint density at radius 2 is 1.91 bits per heavy atom. The number of nitrogens with zero attached hydrogens (tertiary/aromatic N) is 3. The monoisotopic (exact) mass is 457 g/mol. The van der Waals surface area contributed by atoms with Crippen LogP contribution in [0.15, 0.2) is 67.1 Å². The van der Waals surface area contributed by atoms with Crippen LogP contribution < -0.4 is 20.1 Å². The molecule has 0 radical (unpaired) electrons. The van der Waals surface area contributed by atoms with E-state index in [1.807, 2.05) is 68.4 Å². The first-order chi connectivity index (χ1) is 16.5. The van der Waals surface area contributed by atoms with Gasteiger partial charge in [-0.25, -0.2) is 9.97 Å². The molecule has 2 N–H and O–H groups in total. The zero-order valence-electron chi connectivity index (χ0n) is 19.4. The van der Waals surface area contributed by atoms with Crippen LogP contribution in [0.2, 0.25) is 0 Å². The number of anilines is 2. The summed E-state index contributed by atoms with van der Waals surface area (Å²) in [5.74, 6) is 1.97. The van der Waals surface area contributed by atoms with Crippen molar-refractivity contribution in [2.75, 3.05) is 11.9 Å². The van der Waals surface area contributed by atoms with Crippen molar-refractivity contribution >= 4 is 28.3 Å². The minimum absolute atomic E-state index is 0.0955. The highest BCUT2D eigenvalue weighted by Gasteiger charge is 2.14. The average molecular weight is 458 g/mol. The first-order valence-corrected chi connectivity index (χ1v) is 11.0. The van der Waals surface area contributed by atoms with Gasteiger partial charge in [0.1, 0.15) is 36.4 Å². The van der Waals surface area contributed by atoms with Gasteiger partial charge in [-0.05, 0) is 61.9 Å². The first-order valence-electron chi connectivity index (χ1n) is 11.0. The van der Waals surface area contributed by atoms with E-state index in [-0.39, 0.29) is 12.0 Å². The molecule has 4 aromatic rings. The smallest absolute Gasteiger partial charge is 0.217 e. The molecule has 0 bridgehead atoms. The van der Waals surface area contributed by atoms with E-state index in [1.54, 1.807) is 6.20 Å². The van der Waals surface area contributed by atoms with E-state index >= 15 is 0 Å². The average Bonchev–Trinajstić information content (AvgIpc) is 2.83. The third-order valence-corrected chi connectivity index (χ3v) is 5.13. The largest absolute Gasteiger partial charge is 0.488 e. The number of benzene rings is 2. The summed E-state index contributed by atoms with van der Waals surface area (Å²) in [6.45, 7) is 6.19. The number of ether oxygens (including phenoxy) is 2. The minimum Gasteiger partial charge on any atom is -0.488 e. The predicted octanol–water partition coefficient (Wildman–Crippen LogP) is 4.56. The summed E-state index contributed by atoms with van der Waals surface area (Å²) in [7, 11) is 0. The predicted molar refractivity (Wildman–Crippen MR) is 131 cm³/mol. The number of fused-ring (bicyclic) bond motifs is 1. The maximum atomic E-state index is 11.2. The second-order valence-corrected chi connectivity index (χ2v) is 7.95. The van der Waals surface area contributed by atoms with Crippen LogP contribution in [0.25, 0.3) is 10.9 Å². The van der Waals surface area contributed by atoms with Gasteiger partial charge in [-0.3, -0.25) is 9.78 Å². The number of rotatable bonds is 9. The van der Waals surface area contributed by atoms with Gasteiger partial charge in [-0.15, -0.1) is 0 Å². The Labute approximate surface area is 198 Å². The van der Waals surface area contributed by atoms with Crippen molar-refractivity contribution in [3.8, 4) is 11.5 Å². The Balaban J connectivity index is 1.53. The van der Waals surface area contributed by atoms with Crippen LogP contribution in [0, 0.1) is 6.92 Å². The van der Waals surface area contributed by atoms with E-state index < -0.39 is 0 Å². The Kier molecular flexibility index (Phi) is 7.17. The summed E-state index contributed by atoms with van der Waals surface area (Å²) < 4.78 is 12.0. The fourth-order valence-corrected chi connectivity index (χ4v) is 3.48. The van der Waals surface area contributed by atoms with Crippen LogP contribution in [0.3, 0.4) is 0 Å². The Morgan fingerprint density at radius 1 is 1.03 bits per heavy atom. The number of pyridine rings is 1. The van der Waals surface area contributed by atoms with Crippen LogP contribution in [0.1, 0.15) is 25.1 Å². The summed E-state index contributed by atoms with van der Waals surface area (Å²) in [4.78, 5) is 24.4. The SMILES string of the molecule is CC(=O)NC[C@@H](C)Oc1cccc2ncnc(Nc3ccc(OCc4ccccn4)c(C)c3)c12. The number of nitrogens with one attached hydrogen (secondary N) is 2. The molecule has 2 aromatic carbocycles. The molecule has 0 unspecified atom stereocenters. The van der Waals surface area contributed by atoms with E-state index in [4.69, 9.17) is 9.47 Å². The molecule has 0 spiro atoms. The summed E-state index contributed by atoms with van der Waals surface area (Å²) in [5.41, 5.74) is 3.48. The van der Waals surface area contributed by atoms with Crippen LogP contribution in [0.5, 0.6) is 11.5 Å². The van der Waals surface area contributed by atoms with Gasteiger partial charge in [-0.1, -0.05) is 12.1 Å². The van der Waals surface area contributed by atoms with E-state index in [2.05, 4.69) is 25.6 Å². The maximum Gasteiger partial charge on any atom is 0.217 e. The number of amides is 1. The number of aryl methyl sites for hydroxylation is 1. The third kappa shape index (κ3) is 5.78. The third-order valence-electron chi connectivity index (χ3n) is 5.13. The number of hydrogen-bond donors (Lipinski definition) is 2. The number of carbonyl (C=O) groups excluding carboxylic acids is 1. The highest BCUT2D eigenvalue weighted by Crippen LogP contribution is 2.33. The molecule has 8 heteroatoms. The van der Waals surface area contributed by atoms with Gasteiger partial charge in [0.2, 0.25) is 5.91 Å². The van der Waals surface area contributed by atoms with Crippen molar-refractivity contribution in [3.63, 3.8) is 0 Å². The van der Waals surface area contributed by atoms with Gasteiger partial charge in [0.25, 0.3) is 0 Å². The lowest BCUT2D eigenvalue weighted by Crippen LogP contribution is -2.32. The highest BCUT2D eigenvalue weighted by atomic mass is 16.5. The summed E-state index contributed by atoms with van der Waals surface area (Å²) in [5, 5.41) is 6.93. The normalized spacial score (nSPS) is 11.6. The molecule has 34 heavy (non-hydrogen) atoms. The van der Waals surface area contributed by atoms with Crippen LogP contribution in [0.4, 0.5) is 11.5 Å². The Hall–Kier alpha value is -4.20. The van der Waals surface area contributed by atoms with Crippen LogP contribution in [-0.2, 0) is 11.4 Å². The maximum absolute atomic E-state index is 11.2. The fourth-order valence-electron chi connectivity index (χ4n) is 3.48. The number of aromatic nitrogens is 3. The Morgan fingerprint density at radius 3 is 2.68 bits per heavy atom. The van der Waals surface area contributed by atoms with Crippen molar-refractivity contribution in [3.05, 3.63) is 78.4 Å². The molecule has 1 amide bonds. The fraction of sp³-hybridized carbons (Fsp3) is 0.231. The first kappa shape index (κ1) is 23.0. The van der Waals surface area contributed by atoms with Crippen molar-refractivity contribution in [1.29, 1.82) is 0 Å². The lowest BCUT2D eigenvalue weighted by Gasteiger charge is -2.18. The highest BCUT2D eigenvalue weighted by molar-refractivity contribution is 5.95. The molecule has 2 heterocycles. The summed E-state index contributed by atoms with van der Waals surface area (Å²) in [6.07, 6.45) is 3.05. The Bertz CT molecular complexity index is 1270. The quantitative estimate of drug-likeness (QED) is 0.380. The van der Waals surface area contributed by atoms with Crippen LogP contribution >= 0.6 is 0 Å². The second-order valence-electron chi connectivity index (χ2n) is 7.95. The summed E-state index contributed by atoms with van der Waals surface area (Å²) >= 11 is 0. The van der Waals surface area contributed by atoms with Gasteiger partial charge in [0, 0.05) is 18.8 Å². The molecule has 2 aromatic heterocycles. The molecule has 8 nitrogen and oxygen atoms in total. The molecule has 1 atom stereocenters. The van der Waals surface area contributed by atoms with Gasteiger partial charge >= 0.3 is 0 Å². The minimum atomic E-state index is -0.222. The van der Waals surface area contributed by atoms with E-state index in [1.165, 1.54) is 13.3 Å². The molecule has 0 saturated heterocycles. The molecule has 0 aliphatic rings. The number of carbonyl (C=O) groups is 1. The standard InChI is InChI=1S/C26H27N5O3/c1-17-13-20(10-11-23(17)33-15-21-7-4-5-12-27-21)31-26-25-22(29-16-30-26)8-6-9-24(25)34-18(2)14-28-19(3)32/h4-13,16,18H,14-15H2,1-3H3,(H,28,32)(H,29,30,31)/t18-/m1/s1. The van der Waals surface area contributed by atoms with E-state index in [9.17, 15) is 4.79 Å². The van der Waals surface area contributed by atoms with Crippen molar-refractivity contribution in [2.45, 2.75) is 33.5 Å². The molecule has 0 aliphatic carbocycles. The van der Waals surface area contributed by atoms with E-state index in [0.717, 1.165) is 33.6 Å². The molecular weight excluding hydrogens is 430 g/mol. The van der Waals surface area contributed by atoms with Gasteiger partial charge in [-0.2, -0.15) is 0 Å². The molecule has 174 valence electrons. The van der Waals surface area contributed by atoms with Crippen molar-refractivity contribution in [1.82, 2.24) is 20.3 Å². The molecule has 0 fully saturated rings. The molecule has 0 saturated carbocycles. The van der Waals surface area contributed by atoms with E-state index in [0.29, 0.717) is 24.7 Å². The lowest BCUT2D eigenvalue weighted by molar-refractivity contribution is -0.119. The van der Waals surface area contributed by atoms with Crippen molar-refractivity contribution in [2.24, 2.45) is 0 Å². The topological polar surface area (TPSA) is 98.3 Å². The van der Waals surface area contributed by atoms with Gasteiger partial charge in [0.15, 0.2) is 0 Å².